The highest BCUT2D eigenvalue weighted by atomic mass is 16.6. The number of allylic oxidation sites excluding steroid dienone is 8. The number of benzene rings is 4. The summed E-state index contributed by atoms with van der Waals surface area (Å²) in [6, 6.07) is 15.1. The number of rotatable bonds is 36. The van der Waals surface area contributed by atoms with Gasteiger partial charge in [-0.3, -0.25) is 9.59 Å². The number of carbonyl (C=O) groups is 2. The second kappa shape index (κ2) is 38.7. The maximum atomic E-state index is 12.9. The molecule has 0 spiro atoms. The van der Waals surface area contributed by atoms with Crippen LogP contribution >= 0.6 is 0 Å². The molecule has 6 rings (SSSR count). The molecule has 4 aromatic rings. The fourth-order valence-corrected chi connectivity index (χ4v) is 10.4. The van der Waals surface area contributed by atoms with Gasteiger partial charge in [0.2, 0.25) is 0 Å². The molecule has 2 aliphatic heterocycles. The average Bonchev–Trinajstić information content (AvgIpc) is 2.02. The van der Waals surface area contributed by atoms with Crippen LogP contribution < -0.4 is 18.9 Å². The molecular weight excluding hydrogens is 1090 g/mol. The molecule has 4 aromatic carbocycles. The minimum Gasteiger partial charge on any atom is -0.508 e. The molecular formula is C72H100O14. The molecule has 4 atom stereocenters. The summed E-state index contributed by atoms with van der Waals surface area (Å²) in [7, 11) is 0. The van der Waals surface area contributed by atoms with Crippen LogP contribution in [0.3, 0.4) is 0 Å². The lowest BCUT2D eigenvalue weighted by Gasteiger charge is -2.34. The van der Waals surface area contributed by atoms with Gasteiger partial charge in [0.1, 0.15) is 46.7 Å². The van der Waals surface area contributed by atoms with Gasteiger partial charge in [-0.1, -0.05) is 139 Å². The first kappa shape index (κ1) is 69.6. The highest BCUT2D eigenvalue weighted by Crippen LogP contribution is 2.46. The molecule has 0 radical (unpaired) electrons. The Bertz CT molecular complexity index is 2720. The normalized spacial score (nSPS) is 16.5. The number of aromatic hydroxyl groups is 6. The zero-order valence-corrected chi connectivity index (χ0v) is 52.2. The van der Waals surface area contributed by atoms with Crippen LogP contribution in [0.25, 0.3) is 0 Å². The number of esters is 2. The molecule has 0 saturated heterocycles. The summed E-state index contributed by atoms with van der Waals surface area (Å²) >= 11 is 0. The fraction of sp³-hybridized carbons (Fsp3) is 0.528. The standard InChI is InChI=1S/2C36H50O7/c1-4-5-6-7-8-9-10-11-12-13-14-15-16-17-18-19-35(40)42-34-25-29-31(38)23-28(41-26(2)3)24-33(29)43-36(34)27-20-21-30(37)32(39)22-27;1-4-5-6-7-8-9-10-11-12-13-14-15-16-17-18-19-35(40)42-34-25-29-32(41-26(2)3)23-28(37)24-33(29)43-36(34)27-20-21-30(38)31(39)22-27/h2*8-9,11-12,20-24,26,34,36-39H,4-7,10,13-19,25H2,1-3H3/b2*9-8-,12-11-/t2*34-,36+/m00/s1. The highest BCUT2D eigenvalue weighted by Gasteiger charge is 2.38. The zero-order valence-electron chi connectivity index (χ0n) is 52.2. The van der Waals surface area contributed by atoms with Crippen molar-refractivity contribution in [1.82, 2.24) is 0 Å². The molecule has 0 amide bonds. The van der Waals surface area contributed by atoms with Crippen LogP contribution in [0.2, 0.25) is 0 Å². The fourth-order valence-electron chi connectivity index (χ4n) is 10.4. The van der Waals surface area contributed by atoms with E-state index in [1.807, 2.05) is 27.7 Å². The van der Waals surface area contributed by atoms with Gasteiger partial charge in [-0.2, -0.15) is 0 Å². The van der Waals surface area contributed by atoms with Crippen molar-refractivity contribution in [3.05, 3.63) is 132 Å². The van der Waals surface area contributed by atoms with Crippen LogP contribution in [-0.2, 0) is 31.9 Å². The lowest BCUT2D eigenvalue weighted by Crippen LogP contribution is -2.35. The summed E-state index contributed by atoms with van der Waals surface area (Å²) in [6.07, 6.45) is 40.6. The molecule has 0 fully saturated rings. The first-order valence-electron chi connectivity index (χ1n) is 32.0. The van der Waals surface area contributed by atoms with Crippen LogP contribution in [-0.4, -0.2) is 67.0 Å². The number of phenolic OH excluding ortho intramolecular Hbond substituents is 6. The zero-order chi connectivity index (χ0) is 62.1. The highest BCUT2D eigenvalue weighted by molar-refractivity contribution is 5.70. The van der Waals surface area contributed by atoms with Crippen LogP contribution in [0.4, 0.5) is 0 Å². The molecule has 472 valence electrons. The second-order valence-corrected chi connectivity index (χ2v) is 23.2. The number of fused-ring (bicyclic) bond motifs is 2. The van der Waals surface area contributed by atoms with Crippen molar-refractivity contribution in [2.75, 3.05) is 0 Å². The van der Waals surface area contributed by atoms with E-state index >= 15 is 0 Å². The van der Waals surface area contributed by atoms with Gasteiger partial charge in [-0.15, -0.1) is 0 Å². The van der Waals surface area contributed by atoms with Crippen LogP contribution in [0, 0.1) is 0 Å². The van der Waals surface area contributed by atoms with Crippen molar-refractivity contribution < 1.29 is 68.6 Å². The summed E-state index contributed by atoms with van der Waals surface area (Å²) in [6.45, 7) is 12.0. The summed E-state index contributed by atoms with van der Waals surface area (Å²) in [5.74, 6) is 0.0960. The number of hydrogen-bond donors (Lipinski definition) is 6. The maximum absolute atomic E-state index is 12.9. The molecule has 0 aliphatic carbocycles. The summed E-state index contributed by atoms with van der Waals surface area (Å²) in [4.78, 5) is 25.8. The lowest BCUT2D eigenvalue weighted by atomic mass is 9.93. The quantitative estimate of drug-likeness (QED) is 0.0108. The van der Waals surface area contributed by atoms with Gasteiger partial charge >= 0.3 is 11.9 Å². The van der Waals surface area contributed by atoms with E-state index in [4.69, 9.17) is 28.4 Å². The van der Waals surface area contributed by atoms with Crippen molar-refractivity contribution in [3.8, 4) is 57.5 Å². The van der Waals surface area contributed by atoms with E-state index in [0.717, 1.165) is 89.9 Å². The monoisotopic (exact) mass is 1190 g/mol. The number of carbonyl (C=O) groups excluding carboxylic acids is 2. The Morgan fingerprint density at radius 1 is 0.465 bits per heavy atom. The third-order valence-electron chi connectivity index (χ3n) is 14.9. The van der Waals surface area contributed by atoms with E-state index in [9.17, 15) is 40.2 Å². The number of hydrogen-bond acceptors (Lipinski definition) is 14. The van der Waals surface area contributed by atoms with Gasteiger partial charge in [0.05, 0.1) is 12.2 Å². The molecule has 2 heterocycles. The van der Waals surface area contributed by atoms with Crippen molar-refractivity contribution in [3.63, 3.8) is 0 Å². The third kappa shape index (κ3) is 25.0. The van der Waals surface area contributed by atoms with Gasteiger partial charge in [0, 0.05) is 72.2 Å². The topological polar surface area (TPSA) is 211 Å². The molecule has 86 heavy (non-hydrogen) atoms. The Balaban J connectivity index is 0.000000314. The van der Waals surface area contributed by atoms with Crippen molar-refractivity contribution in [2.24, 2.45) is 0 Å². The molecule has 0 aromatic heterocycles. The average molecular weight is 1190 g/mol. The van der Waals surface area contributed by atoms with E-state index in [0.29, 0.717) is 64.5 Å². The Hall–Kier alpha value is -7.22. The molecule has 14 nitrogen and oxygen atoms in total. The van der Waals surface area contributed by atoms with Crippen LogP contribution in [0.1, 0.15) is 230 Å². The first-order valence-corrected chi connectivity index (χ1v) is 32.0. The Morgan fingerprint density at radius 2 is 0.884 bits per heavy atom. The third-order valence-corrected chi connectivity index (χ3v) is 14.9. The van der Waals surface area contributed by atoms with E-state index in [1.165, 1.54) is 93.8 Å². The Kier molecular flexibility index (Phi) is 31.3. The molecule has 0 bridgehead atoms. The van der Waals surface area contributed by atoms with Crippen molar-refractivity contribution in [1.29, 1.82) is 0 Å². The summed E-state index contributed by atoms with van der Waals surface area (Å²) in [5.41, 5.74) is 2.33. The van der Waals surface area contributed by atoms with E-state index in [1.54, 1.807) is 18.2 Å². The Labute approximate surface area is 512 Å². The van der Waals surface area contributed by atoms with Gasteiger partial charge in [-0.25, -0.2) is 0 Å². The SMILES string of the molecule is CCCCC/C=C\C/C=C\CCCCCCCC(=O)O[C@H]1Cc2c(O)cc(OC(C)C)cc2O[C@@H]1c1ccc(O)c(O)c1.CCCCC/C=C\C/C=C\CCCCCCCC(=O)O[C@H]1Cc2c(OC(C)C)cc(O)cc2O[C@@H]1c1ccc(O)c(O)c1. The minimum absolute atomic E-state index is 0.00140. The van der Waals surface area contributed by atoms with E-state index < -0.39 is 24.4 Å². The molecule has 0 unspecified atom stereocenters. The first-order chi connectivity index (χ1) is 41.6. The predicted molar refractivity (Wildman–Crippen MR) is 340 cm³/mol. The van der Waals surface area contributed by atoms with E-state index in [-0.39, 0.29) is 65.1 Å². The van der Waals surface area contributed by atoms with Gasteiger partial charge in [0.15, 0.2) is 35.2 Å². The number of ether oxygens (including phenoxy) is 6. The van der Waals surface area contributed by atoms with Gasteiger partial charge in [0.25, 0.3) is 0 Å². The van der Waals surface area contributed by atoms with Crippen molar-refractivity contribution >= 4 is 11.9 Å². The second-order valence-electron chi connectivity index (χ2n) is 23.2. The summed E-state index contributed by atoms with van der Waals surface area (Å²) in [5, 5.41) is 60.8. The van der Waals surface area contributed by atoms with Gasteiger partial charge in [-0.05, 0) is 129 Å². The smallest absolute Gasteiger partial charge is 0.306 e. The minimum atomic E-state index is -0.735. The predicted octanol–water partition coefficient (Wildman–Crippen LogP) is 18.0. The number of phenols is 6. The van der Waals surface area contributed by atoms with E-state index in [2.05, 4.69) is 62.5 Å². The molecule has 2 aliphatic rings. The molecule has 6 N–H and O–H groups in total. The lowest BCUT2D eigenvalue weighted by molar-refractivity contribution is -0.156. The van der Waals surface area contributed by atoms with Crippen LogP contribution in [0.15, 0.2) is 109 Å². The molecule has 14 heteroatoms. The Morgan fingerprint density at radius 3 is 1.33 bits per heavy atom. The maximum Gasteiger partial charge on any atom is 0.306 e. The van der Waals surface area contributed by atoms with Gasteiger partial charge < -0.3 is 59.1 Å². The summed E-state index contributed by atoms with van der Waals surface area (Å²) < 4.78 is 36.0. The molecule has 0 saturated carbocycles. The van der Waals surface area contributed by atoms with Crippen molar-refractivity contribution in [2.45, 2.75) is 245 Å². The largest absolute Gasteiger partial charge is 0.508 e. The van der Waals surface area contributed by atoms with Crippen LogP contribution in [0.5, 0.6) is 57.5 Å². The number of unbranched alkanes of at least 4 members (excludes halogenated alkanes) is 16.